The van der Waals surface area contributed by atoms with E-state index in [9.17, 15) is 4.39 Å². The second-order valence-corrected chi connectivity index (χ2v) is 5.20. The molecule has 102 valence electrons. The molecular weight excluding hydrogens is 277 g/mol. The second-order valence-electron chi connectivity index (χ2n) is 4.81. The molecule has 20 heavy (non-hydrogen) atoms. The van der Waals surface area contributed by atoms with Crippen LogP contribution < -0.4 is 5.43 Å². The summed E-state index contributed by atoms with van der Waals surface area (Å²) in [5.41, 5.74) is 5.99. The zero-order valence-corrected chi connectivity index (χ0v) is 11.6. The van der Waals surface area contributed by atoms with Gasteiger partial charge in [0.25, 0.3) is 0 Å². The minimum absolute atomic E-state index is 0.0554. The molecule has 2 unspecified atom stereocenters. The molecule has 0 spiro atoms. The molecule has 5 heteroatoms. The van der Waals surface area contributed by atoms with Crippen LogP contribution in [0.3, 0.4) is 0 Å². The molecule has 1 aromatic heterocycles. The molecule has 1 aliphatic heterocycles. The lowest BCUT2D eigenvalue weighted by atomic mass is 9.90. The highest BCUT2D eigenvalue weighted by Crippen LogP contribution is 2.30. The summed E-state index contributed by atoms with van der Waals surface area (Å²) in [5, 5.41) is 4.85. The molecule has 0 bridgehead atoms. The van der Waals surface area contributed by atoms with Crippen molar-refractivity contribution in [2.45, 2.75) is 13.0 Å². The van der Waals surface area contributed by atoms with Crippen LogP contribution in [-0.2, 0) is 0 Å². The summed E-state index contributed by atoms with van der Waals surface area (Å²) in [6.07, 6.45) is 1.75. The Morgan fingerprint density at radius 1 is 1.15 bits per heavy atom. The van der Waals surface area contributed by atoms with Crippen LogP contribution in [0.1, 0.15) is 24.1 Å². The third-order valence-corrected chi connectivity index (χ3v) is 3.73. The van der Waals surface area contributed by atoms with E-state index in [-0.39, 0.29) is 17.8 Å². The van der Waals surface area contributed by atoms with E-state index in [4.69, 9.17) is 11.6 Å². The average Bonchev–Trinajstić information content (AvgIpc) is 2.83. The maximum atomic E-state index is 13.0. The number of hydrazone groups is 1. The van der Waals surface area contributed by atoms with Gasteiger partial charge in [0.15, 0.2) is 0 Å². The number of halogens is 2. The summed E-state index contributed by atoms with van der Waals surface area (Å²) < 4.78 is 13.0. The quantitative estimate of drug-likeness (QED) is 0.858. The molecule has 1 aliphatic rings. The predicted octanol–water partition coefficient (Wildman–Crippen LogP) is 3.56. The van der Waals surface area contributed by atoms with Gasteiger partial charge in [0, 0.05) is 12.1 Å². The minimum Gasteiger partial charge on any atom is -0.302 e. The number of nitrogens with one attached hydrogen (secondary N) is 1. The van der Waals surface area contributed by atoms with E-state index in [1.54, 1.807) is 24.4 Å². The Balaban J connectivity index is 1.84. The standard InChI is InChI=1S/C15H13ClFN3/c1-9-14(10-2-5-12(17)6-3-10)19-20-15(9)11-4-7-13(16)18-8-11/h2-9,15,20H,1H3. The molecule has 0 radical (unpaired) electrons. The Kier molecular flexibility index (Phi) is 3.40. The molecule has 2 heterocycles. The Bertz CT molecular complexity index is 637. The van der Waals surface area contributed by atoms with E-state index in [1.807, 2.05) is 6.07 Å². The maximum absolute atomic E-state index is 13.0. The molecule has 0 amide bonds. The Morgan fingerprint density at radius 3 is 2.55 bits per heavy atom. The van der Waals surface area contributed by atoms with Gasteiger partial charge in [0.2, 0.25) is 0 Å². The van der Waals surface area contributed by atoms with Gasteiger partial charge in [0.1, 0.15) is 11.0 Å². The summed E-state index contributed by atoms with van der Waals surface area (Å²) in [6, 6.07) is 10.1. The van der Waals surface area contributed by atoms with Crippen molar-refractivity contribution in [3.05, 3.63) is 64.7 Å². The van der Waals surface area contributed by atoms with Crippen molar-refractivity contribution in [2.75, 3.05) is 0 Å². The van der Waals surface area contributed by atoms with Crippen molar-refractivity contribution in [1.29, 1.82) is 0 Å². The summed E-state index contributed by atoms with van der Waals surface area (Å²) >= 11 is 5.80. The summed E-state index contributed by atoms with van der Waals surface area (Å²) in [7, 11) is 0. The van der Waals surface area contributed by atoms with Gasteiger partial charge in [-0.1, -0.05) is 36.7 Å². The SMILES string of the molecule is CC1C(c2ccc(F)cc2)=NNC1c1ccc(Cl)nc1. The first kappa shape index (κ1) is 13.1. The van der Waals surface area contributed by atoms with Gasteiger partial charge in [0.05, 0.1) is 11.8 Å². The van der Waals surface area contributed by atoms with Crippen LogP contribution >= 0.6 is 11.6 Å². The third kappa shape index (κ3) is 2.39. The predicted molar refractivity (Wildman–Crippen MR) is 77.2 cm³/mol. The monoisotopic (exact) mass is 289 g/mol. The fraction of sp³-hybridized carbons (Fsp3) is 0.200. The van der Waals surface area contributed by atoms with E-state index in [0.29, 0.717) is 5.15 Å². The van der Waals surface area contributed by atoms with E-state index < -0.39 is 0 Å². The topological polar surface area (TPSA) is 37.3 Å². The number of aromatic nitrogens is 1. The van der Waals surface area contributed by atoms with Crippen molar-refractivity contribution in [3.63, 3.8) is 0 Å². The van der Waals surface area contributed by atoms with Gasteiger partial charge in [-0.05, 0) is 29.3 Å². The molecule has 3 nitrogen and oxygen atoms in total. The van der Waals surface area contributed by atoms with Crippen molar-refractivity contribution >= 4 is 17.3 Å². The van der Waals surface area contributed by atoms with Crippen LogP contribution in [0.5, 0.6) is 0 Å². The van der Waals surface area contributed by atoms with Gasteiger partial charge in [-0.3, -0.25) is 0 Å². The Hall–Kier alpha value is -1.94. The zero-order chi connectivity index (χ0) is 14.1. The van der Waals surface area contributed by atoms with Gasteiger partial charge in [-0.2, -0.15) is 5.10 Å². The average molecular weight is 290 g/mol. The van der Waals surface area contributed by atoms with Crippen LogP contribution in [0.4, 0.5) is 4.39 Å². The van der Waals surface area contributed by atoms with E-state index in [2.05, 4.69) is 22.4 Å². The summed E-state index contributed by atoms with van der Waals surface area (Å²) in [6.45, 7) is 2.08. The lowest BCUT2D eigenvalue weighted by Crippen LogP contribution is -2.19. The van der Waals surface area contributed by atoms with E-state index in [0.717, 1.165) is 16.8 Å². The molecule has 3 rings (SSSR count). The van der Waals surface area contributed by atoms with Gasteiger partial charge in [-0.25, -0.2) is 9.37 Å². The van der Waals surface area contributed by atoms with Gasteiger partial charge >= 0.3 is 0 Å². The van der Waals surface area contributed by atoms with E-state index in [1.165, 1.54) is 12.1 Å². The molecule has 0 fully saturated rings. The molecule has 2 atom stereocenters. The number of nitrogens with zero attached hydrogens (tertiary/aromatic N) is 2. The fourth-order valence-corrected chi connectivity index (χ4v) is 2.50. The highest BCUT2D eigenvalue weighted by atomic mass is 35.5. The highest BCUT2D eigenvalue weighted by molar-refractivity contribution is 6.29. The number of hydrogen-bond donors (Lipinski definition) is 1. The molecule has 2 aromatic rings. The van der Waals surface area contributed by atoms with Crippen molar-refractivity contribution in [3.8, 4) is 0 Å². The van der Waals surface area contributed by atoms with Crippen molar-refractivity contribution < 1.29 is 4.39 Å². The third-order valence-electron chi connectivity index (χ3n) is 3.50. The van der Waals surface area contributed by atoms with E-state index >= 15 is 0 Å². The Morgan fingerprint density at radius 2 is 1.90 bits per heavy atom. The van der Waals surface area contributed by atoms with Crippen molar-refractivity contribution in [1.82, 2.24) is 10.4 Å². The highest BCUT2D eigenvalue weighted by Gasteiger charge is 2.30. The fourth-order valence-electron chi connectivity index (χ4n) is 2.39. The zero-order valence-electron chi connectivity index (χ0n) is 10.8. The van der Waals surface area contributed by atoms with Crippen LogP contribution in [0.15, 0.2) is 47.7 Å². The van der Waals surface area contributed by atoms with Crippen molar-refractivity contribution in [2.24, 2.45) is 11.0 Å². The normalized spacial score (nSPS) is 21.4. The number of rotatable bonds is 2. The minimum atomic E-state index is -0.244. The second kappa shape index (κ2) is 5.21. The molecule has 0 saturated heterocycles. The smallest absolute Gasteiger partial charge is 0.129 e. The molecule has 1 N–H and O–H groups in total. The molecule has 0 aliphatic carbocycles. The van der Waals surface area contributed by atoms with Crippen LogP contribution in [-0.4, -0.2) is 10.7 Å². The molecular formula is C15H13ClFN3. The maximum Gasteiger partial charge on any atom is 0.129 e. The first-order valence-corrected chi connectivity index (χ1v) is 6.73. The number of hydrogen-bond acceptors (Lipinski definition) is 3. The largest absolute Gasteiger partial charge is 0.302 e. The van der Waals surface area contributed by atoms with Crippen LogP contribution in [0.2, 0.25) is 5.15 Å². The first-order valence-electron chi connectivity index (χ1n) is 6.35. The first-order chi connectivity index (χ1) is 9.65. The van der Waals surface area contributed by atoms with Crippen LogP contribution in [0.25, 0.3) is 0 Å². The Labute approximate surface area is 121 Å². The summed E-state index contributed by atoms with van der Waals surface area (Å²) in [5.74, 6) is -0.0742. The number of benzene rings is 1. The van der Waals surface area contributed by atoms with Gasteiger partial charge < -0.3 is 5.43 Å². The molecule has 1 aromatic carbocycles. The van der Waals surface area contributed by atoms with Crippen LogP contribution in [0, 0.1) is 11.7 Å². The summed E-state index contributed by atoms with van der Waals surface area (Å²) in [4.78, 5) is 4.09. The van der Waals surface area contributed by atoms with Gasteiger partial charge in [-0.15, -0.1) is 0 Å². The lowest BCUT2D eigenvalue weighted by molar-refractivity contribution is 0.524. The molecule has 0 saturated carbocycles. The lowest BCUT2D eigenvalue weighted by Gasteiger charge is -2.16. The number of pyridine rings is 1.